The Balaban J connectivity index is 2.40. The van der Waals surface area contributed by atoms with E-state index in [0.29, 0.717) is 11.3 Å². The number of aryl methyl sites for hydroxylation is 2. The van der Waals surface area contributed by atoms with Crippen LogP contribution in [0, 0.1) is 6.92 Å². The van der Waals surface area contributed by atoms with Gasteiger partial charge in [0.1, 0.15) is 17.7 Å². The Morgan fingerprint density at radius 2 is 1.65 bits per heavy atom. The van der Waals surface area contributed by atoms with Crippen molar-refractivity contribution in [2.75, 3.05) is 12.4 Å². The Morgan fingerprint density at radius 3 is 2.19 bits per heavy atom. The molecule has 200 valence electrons. The van der Waals surface area contributed by atoms with Gasteiger partial charge in [0.05, 0.1) is 0 Å². The lowest BCUT2D eigenvalue weighted by atomic mass is 10.00. The normalized spacial score (nSPS) is 12.7. The molecule has 0 fully saturated rings. The van der Waals surface area contributed by atoms with E-state index >= 15 is 0 Å². The number of likely N-dealkylation sites (N-methyl/N-ethyl adjacent to an activating group) is 1. The molecule has 4 N–H and O–H groups in total. The predicted octanol–water partition coefficient (Wildman–Crippen LogP) is 3.85. The molecule has 9 heteroatoms. The first-order chi connectivity index (χ1) is 17.3. The van der Waals surface area contributed by atoms with Crippen LogP contribution < -0.4 is 16.4 Å². The standard InChI is InChI=1S/C28H38N4O5/c1-7-19-12-14-20(15-13-19)24(25(34)30-21-11-9-8-10-18(21)2)32(6)26(35)22(16-17-23(29)33)31-27(36)37-28(3,4)5/h8-15,22,24H,7,16-17H2,1-6H3,(H2,29,33)(H,30,34)(H,31,36). The molecule has 9 nitrogen and oxygen atoms in total. The maximum absolute atomic E-state index is 13.6. The number of amides is 4. The second kappa shape index (κ2) is 12.9. The molecule has 4 amide bonds. The van der Waals surface area contributed by atoms with Crippen molar-refractivity contribution in [3.05, 3.63) is 65.2 Å². The first-order valence-electron chi connectivity index (χ1n) is 12.3. The number of hydrogen-bond donors (Lipinski definition) is 3. The molecule has 37 heavy (non-hydrogen) atoms. The fourth-order valence-corrected chi connectivity index (χ4v) is 3.77. The first-order valence-corrected chi connectivity index (χ1v) is 12.3. The fourth-order valence-electron chi connectivity index (χ4n) is 3.77. The minimum Gasteiger partial charge on any atom is -0.444 e. The summed E-state index contributed by atoms with van der Waals surface area (Å²) in [6.45, 7) is 9.00. The highest BCUT2D eigenvalue weighted by Gasteiger charge is 2.34. The summed E-state index contributed by atoms with van der Waals surface area (Å²) >= 11 is 0. The number of alkyl carbamates (subject to hydrolysis) is 1. The summed E-state index contributed by atoms with van der Waals surface area (Å²) in [6, 6.07) is 12.6. The smallest absolute Gasteiger partial charge is 0.408 e. The second-order valence-corrected chi connectivity index (χ2v) is 9.95. The molecule has 0 spiro atoms. The van der Waals surface area contributed by atoms with E-state index in [1.54, 1.807) is 26.8 Å². The summed E-state index contributed by atoms with van der Waals surface area (Å²) in [4.78, 5) is 52.4. The summed E-state index contributed by atoms with van der Waals surface area (Å²) in [5.74, 6) is -1.59. The van der Waals surface area contributed by atoms with Crippen LogP contribution in [0.5, 0.6) is 0 Å². The molecule has 0 aliphatic rings. The molecule has 0 aliphatic carbocycles. The van der Waals surface area contributed by atoms with Gasteiger partial charge in [-0.15, -0.1) is 0 Å². The van der Waals surface area contributed by atoms with Crippen LogP contribution in [0.15, 0.2) is 48.5 Å². The number of ether oxygens (including phenoxy) is 1. The Hall–Kier alpha value is -3.88. The second-order valence-electron chi connectivity index (χ2n) is 9.95. The zero-order valence-electron chi connectivity index (χ0n) is 22.5. The van der Waals surface area contributed by atoms with Gasteiger partial charge in [-0.2, -0.15) is 0 Å². The van der Waals surface area contributed by atoms with Crippen LogP contribution >= 0.6 is 0 Å². The number of carbonyl (C=O) groups is 4. The molecule has 0 saturated heterocycles. The third-order valence-electron chi connectivity index (χ3n) is 5.76. The number of primary amides is 1. The topological polar surface area (TPSA) is 131 Å². The van der Waals surface area contributed by atoms with Crippen molar-refractivity contribution in [1.82, 2.24) is 10.2 Å². The van der Waals surface area contributed by atoms with E-state index in [1.165, 1.54) is 11.9 Å². The van der Waals surface area contributed by atoms with E-state index in [0.717, 1.165) is 17.5 Å². The number of anilines is 1. The number of nitrogens with one attached hydrogen (secondary N) is 2. The van der Waals surface area contributed by atoms with Crippen LogP contribution in [0.25, 0.3) is 0 Å². The largest absolute Gasteiger partial charge is 0.444 e. The highest BCUT2D eigenvalue weighted by Crippen LogP contribution is 2.25. The summed E-state index contributed by atoms with van der Waals surface area (Å²) in [5.41, 5.74) is 7.70. The van der Waals surface area contributed by atoms with Gasteiger partial charge in [-0.1, -0.05) is 49.4 Å². The van der Waals surface area contributed by atoms with Gasteiger partial charge < -0.3 is 26.0 Å². The minimum atomic E-state index is -1.13. The summed E-state index contributed by atoms with van der Waals surface area (Å²) < 4.78 is 5.30. The van der Waals surface area contributed by atoms with Gasteiger partial charge in [-0.05, 0) is 63.3 Å². The SMILES string of the molecule is CCc1ccc(C(C(=O)Nc2ccccc2C)N(C)C(=O)C(CCC(N)=O)NC(=O)OC(C)(C)C)cc1. The molecule has 2 atom stereocenters. The molecule has 2 aromatic rings. The molecule has 0 heterocycles. The lowest BCUT2D eigenvalue weighted by Crippen LogP contribution is -2.51. The van der Waals surface area contributed by atoms with Crippen molar-refractivity contribution in [1.29, 1.82) is 0 Å². The molecule has 2 aromatic carbocycles. The van der Waals surface area contributed by atoms with E-state index in [2.05, 4.69) is 10.6 Å². The Morgan fingerprint density at radius 1 is 1.03 bits per heavy atom. The Kier molecular flexibility index (Phi) is 10.2. The first kappa shape index (κ1) is 29.4. The molecule has 0 saturated carbocycles. The van der Waals surface area contributed by atoms with E-state index in [-0.39, 0.29) is 12.8 Å². The molecule has 0 radical (unpaired) electrons. The molecule has 0 bridgehead atoms. The van der Waals surface area contributed by atoms with E-state index in [1.807, 2.05) is 56.3 Å². The maximum Gasteiger partial charge on any atom is 0.408 e. The van der Waals surface area contributed by atoms with Gasteiger partial charge in [0.25, 0.3) is 5.91 Å². The van der Waals surface area contributed by atoms with E-state index in [9.17, 15) is 19.2 Å². The van der Waals surface area contributed by atoms with Crippen LogP contribution in [-0.2, 0) is 25.5 Å². The Bertz CT molecular complexity index is 1110. The van der Waals surface area contributed by atoms with Crippen LogP contribution in [0.1, 0.15) is 63.3 Å². The molecule has 2 unspecified atom stereocenters. The lowest BCUT2D eigenvalue weighted by Gasteiger charge is -2.31. The summed E-state index contributed by atoms with van der Waals surface area (Å²) in [6.07, 6.45) is -0.161. The van der Waals surface area contributed by atoms with Crippen LogP contribution in [0.4, 0.5) is 10.5 Å². The Labute approximate surface area is 218 Å². The maximum atomic E-state index is 13.6. The number of rotatable bonds is 10. The van der Waals surface area contributed by atoms with Crippen molar-refractivity contribution in [2.24, 2.45) is 5.73 Å². The van der Waals surface area contributed by atoms with Crippen molar-refractivity contribution in [3.63, 3.8) is 0 Å². The monoisotopic (exact) mass is 510 g/mol. The van der Waals surface area contributed by atoms with Crippen molar-refractivity contribution < 1.29 is 23.9 Å². The predicted molar refractivity (Wildman–Crippen MR) is 143 cm³/mol. The van der Waals surface area contributed by atoms with Gasteiger partial charge in [0.2, 0.25) is 11.8 Å². The van der Waals surface area contributed by atoms with Gasteiger partial charge in [0, 0.05) is 19.2 Å². The van der Waals surface area contributed by atoms with Gasteiger partial charge >= 0.3 is 6.09 Å². The molecule has 0 aliphatic heterocycles. The van der Waals surface area contributed by atoms with Crippen LogP contribution in [-0.4, -0.2) is 47.4 Å². The zero-order chi connectivity index (χ0) is 27.8. The number of nitrogens with zero attached hydrogens (tertiary/aromatic N) is 1. The molecule has 2 rings (SSSR count). The van der Waals surface area contributed by atoms with Gasteiger partial charge in [0.15, 0.2) is 0 Å². The number of para-hydroxylation sites is 1. The number of carbonyl (C=O) groups excluding carboxylic acids is 4. The highest BCUT2D eigenvalue weighted by molar-refractivity contribution is 5.99. The lowest BCUT2D eigenvalue weighted by molar-refractivity contribution is -0.139. The minimum absolute atomic E-state index is 0.0430. The number of nitrogens with two attached hydrogens (primary N) is 1. The third kappa shape index (κ3) is 8.93. The number of hydrogen-bond acceptors (Lipinski definition) is 5. The average molecular weight is 511 g/mol. The van der Waals surface area contributed by atoms with Crippen LogP contribution in [0.2, 0.25) is 0 Å². The van der Waals surface area contributed by atoms with Crippen molar-refractivity contribution in [3.8, 4) is 0 Å². The fraction of sp³-hybridized carbons (Fsp3) is 0.429. The molecular weight excluding hydrogens is 472 g/mol. The van der Waals surface area contributed by atoms with E-state index in [4.69, 9.17) is 10.5 Å². The zero-order valence-corrected chi connectivity index (χ0v) is 22.5. The highest BCUT2D eigenvalue weighted by atomic mass is 16.6. The summed E-state index contributed by atoms with van der Waals surface area (Å²) in [5, 5.41) is 5.46. The van der Waals surface area contributed by atoms with Crippen molar-refractivity contribution in [2.45, 2.75) is 71.6 Å². The third-order valence-corrected chi connectivity index (χ3v) is 5.76. The van der Waals surface area contributed by atoms with Gasteiger partial charge in [-0.3, -0.25) is 14.4 Å². The molecular formula is C28H38N4O5. The number of benzene rings is 2. The van der Waals surface area contributed by atoms with Crippen molar-refractivity contribution >= 4 is 29.5 Å². The van der Waals surface area contributed by atoms with Gasteiger partial charge in [-0.25, -0.2) is 4.79 Å². The summed E-state index contributed by atoms with van der Waals surface area (Å²) in [7, 11) is 1.49. The quantitative estimate of drug-likeness (QED) is 0.447. The average Bonchev–Trinajstić information content (AvgIpc) is 2.82. The molecule has 0 aromatic heterocycles. The van der Waals surface area contributed by atoms with Crippen LogP contribution in [0.3, 0.4) is 0 Å². The van der Waals surface area contributed by atoms with E-state index < -0.39 is 41.5 Å².